The van der Waals surface area contributed by atoms with Gasteiger partial charge in [-0.2, -0.15) is 0 Å². The van der Waals surface area contributed by atoms with Gasteiger partial charge in [0.15, 0.2) is 0 Å². The van der Waals surface area contributed by atoms with Crippen LogP contribution in [0.15, 0.2) is 24.3 Å². The summed E-state index contributed by atoms with van der Waals surface area (Å²) in [5.74, 6) is 1.48. The van der Waals surface area contributed by atoms with E-state index in [1.165, 1.54) is 0 Å². The number of nitrogens with one attached hydrogen (secondary N) is 1. The molecule has 3 unspecified atom stereocenters. The van der Waals surface area contributed by atoms with Crippen LogP contribution in [0.25, 0.3) is 0 Å². The Bertz CT molecular complexity index is 409. The summed E-state index contributed by atoms with van der Waals surface area (Å²) >= 11 is 0. The molecule has 21 heavy (non-hydrogen) atoms. The van der Waals surface area contributed by atoms with E-state index in [1.807, 2.05) is 24.3 Å². The van der Waals surface area contributed by atoms with Gasteiger partial charge in [0.05, 0.1) is 13.2 Å². The van der Waals surface area contributed by atoms with E-state index >= 15 is 0 Å². The van der Waals surface area contributed by atoms with Gasteiger partial charge in [-0.25, -0.2) is 0 Å². The van der Waals surface area contributed by atoms with Crippen LogP contribution in [-0.2, 0) is 0 Å². The third kappa shape index (κ3) is 5.19. The fourth-order valence-electron chi connectivity index (χ4n) is 2.56. The highest BCUT2D eigenvalue weighted by molar-refractivity contribution is 5.31. The first-order valence-corrected chi connectivity index (χ1v) is 7.55. The maximum atomic E-state index is 9.93. The van der Waals surface area contributed by atoms with Crippen molar-refractivity contribution < 1.29 is 19.7 Å². The fourth-order valence-corrected chi connectivity index (χ4v) is 2.56. The van der Waals surface area contributed by atoms with Crippen molar-refractivity contribution in [2.45, 2.75) is 43.9 Å². The molecule has 3 N–H and O–H groups in total. The van der Waals surface area contributed by atoms with Gasteiger partial charge in [0.2, 0.25) is 0 Å². The lowest BCUT2D eigenvalue weighted by Crippen LogP contribution is -2.45. The number of ether oxygens (including phenoxy) is 2. The van der Waals surface area contributed by atoms with Crippen LogP contribution in [0.2, 0.25) is 0 Å². The highest BCUT2D eigenvalue weighted by Crippen LogP contribution is 2.19. The Hall–Kier alpha value is -1.30. The van der Waals surface area contributed by atoms with Crippen LogP contribution in [-0.4, -0.2) is 48.7 Å². The lowest BCUT2D eigenvalue weighted by molar-refractivity contribution is 0.0673. The first kappa shape index (κ1) is 16.1. The molecule has 3 atom stereocenters. The second-order valence-electron chi connectivity index (χ2n) is 5.51. The summed E-state index contributed by atoms with van der Waals surface area (Å²) in [5, 5.41) is 23.0. The highest BCUT2D eigenvalue weighted by Gasteiger charge is 2.23. The Morgan fingerprint density at radius 2 is 1.86 bits per heavy atom. The number of rotatable bonds is 7. The molecule has 118 valence electrons. The Kier molecular flexibility index (Phi) is 6.29. The predicted octanol–water partition coefficient (Wildman–Crippen LogP) is 1.33. The molecule has 5 heteroatoms. The minimum absolute atomic E-state index is 0.0920. The Labute approximate surface area is 125 Å². The molecule has 5 nitrogen and oxygen atoms in total. The van der Waals surface area contributed by atoms with Gasteiger partial charge in [0, 0.05) is 12.6 Å². The van der Waals surface area contributed by atoms with Crippen molar-refractivity contribution in [1.82, 2.24) is 5.32 Å². The summed E-state index contributed by atoms with van der Waals surface area (Å²) in [6.07, 6.45) is 3.13. The topological polar surface area (TPSA) is 71.0 Å². The molecule has 0 radical (unpaired) electrons. The van der Waals surface area contributed by atoms with E-state index in [-0.39, 0.29) is 18.8 Å². The summed E-state index contributed by atoms with van der Waals surface area (Å²) in [5.41, 5.74) is 0. The van der Waals surface area contributed by atoms with Gasteiger partial charge >= 0.3 is 0 Å². The Morgan fingerprint density at radius 3 is 2.52 bits per heavy atom. The second-order valence-corrected chi connectivity index (χ2v) is 5.51. The molecule has 1 aromatic carbocycles. The van der Waals surface area contributed by atoms with Gasteiger partial charge in [0.1, 0.15) is 24.2 Å². The first-order chi connectivity index (χ1) is 10.2. The van der Waals surface area contributed by atoms with E-state index in [0.29, 0.717) is 12.3 Å². The number of aliphatic hydroxyl groups is 2. The van der Waals surface area contributed by atoms with Gasteiger partial charge in [-0.3, -0.25) is 0 Å². The minimum Gasteiger partial charge on any atom is -0.497 e. The van der Waals surface area contributed by atoms with Crippen LogP contribution < -0.4 is 14.8 Å². The smallest absolute Gasteiger partial charge is 0.119 e. The van der Waals surface area contributed by atoms with E-state index < -0.39 is 6.10 Å². The van der Waals surface area contributed by atoms with E-state index in [4.69, 9.17) is 9.47 Å². The lowest BCUT2D eigenvalue weighted by atomic mass is 9.92. The predicted molar refractivity (Wildman–Crippen MR) is 80.8 cm³/mol. The zero-order valence-electron chi connectivity index (χ0n) is 12.5. The summed E-state index contributed by atoms with van der Waals surface area (Å²) in [6.45, 7) is 0.653. The quantitative estimate of drug-likeness (QED) is 0.708. The standard InChI is InChI=1S/C16H25NO4/c1-20-13-6-8-14(9-7-13)21-11-12(18)10-17-15-4-2-3-5-16(15)19/h6-9,12,15-19H,2-5,10-11H2,1H3. The van der Waals surface area contributed by atoms with E-state index in [1.54, 1.807) is 7.11 Å². The third-order valence-electron chi connectivity index (χ3n) is 3.85. The van der Waals surface area contributed by atoms with Crippen LogP contribution in [0.1, 0.15) is 25.7 Å². The molecule has 1 aliphatic rings. The zero-order chi connectivity index (χ0) is 15.1. The molecule has 1 fully saturated rings. The van der Waals surface area contributed by atoms with Crippen molar-refractivity contribution in [3.63, 3.8) is 0 Å². The molecular formula is C16H25NO4. The number of hydrogen-bond donors (Lipinski definition) is 3. The van der Waals surface area contributed by atoms with Crippen LogP contribution >= 0.6 is 0 Å². The van der Waals surface area contributed by atoms with Crippen LogP contribution in [0.3, 0.4) is 0 Å². The molecule has 0 amide bonds. The first-order valence-electron chi connectivity index (χ1n) is 7.55. The molecule has 0 aliphatic heterocycles. The monoisotopic (exact) mass is 295 g/mol. The number of benzene rings is 1. The summed E-state index contributed by atoms with van der Waals surface area (Å²) < 4.78 is 10.6. The van der Waals surface area contributed by atoms with Crippen molar-refractivity contribution in [1.29, 1.82) is 0 Å². The van der Waals surface area contributed by atoms with Crippen LogP contribution in [0.5, 0.6) is 11.5 Å². The SMILES string of the molecule is COc1ccc(OCC(O)CNC2CCCCC2O)cc1. The molecular weight excluding hydrogens is 270 g/mol. The average molecular weight is 295 g/mol. The van der Waals surface area contributed by atoms with Gasteiger partial charge < -0.3 is 25.0 Å². The molecule has 1 aliphatic carbocycles. The van der Waals surface area contributed by atoms with Crippen molar-refractivity contribution in [3.05, 3.63) is 24.3 Å². The van der Waals surface area contributed by atoms with Crippen molar-refractivity contribution >= 4 is 0 Å². The number of methoxy groups -OCH3 is 1. The van der Waals surface area contributed by atoms with Crippen LogP contribution in [0.4, 0.5) is 0 Å². The second kappa shape index (κ2) is 8.22. The van der Waals surface area contributed by atoms with Crippen molar-refractivity contribution in [3.8, 4) is 11.5 Å². The molecule has 1 saturated carbocycles. The fraction of sp³-hybridized carbons (Fsp3) is 0.625. The largest absolute Gasteiger partial charge is 0.497 e. The third-order valence-corrected chi connectivity index (χ3v) is 3.85. The molecule has 1 aromatic rings. The van der Waals surface area contributed by atoms with Gasteiger partial charge in [-0.1, -0.05) is 12.8 Å². The maximum absolute atomic E-state index is 9.93. The number of aliphatic hydroxyl groups excluding tert-OH is 2. The highest BCUT2D eigenvalue weighted by atomic mass is 16.5. The van der Waals surface area contributed by atoms with Crippen molar-refractivity contribution in [2.75, 3.05) is 20.3 Å². The average Bonchev–Trinajstić information content (AvgIpc) is 2.52. The minimum atomic E-state index is -0.596. The van der Waals surface area contributed by atoms with Crippen LogP contribution in [0, 0.1) is 0 Å². The normalized spacial score (nSPS) is 23.6. The van der Waals surface area contributed by atoms with E-state index in [0.717, 1.165) is 31.4 Å². The van der Waals surface area contributed by atoms with Gasteiger partial charge in [0.25, 0.3) is 0 Å². The van der Waals surface area contributed by atoms with Crippen molar-refractivity contribution in [2.24, 2.45) is 0 Å². The van der Waals surface area contributed by atoms with E-state index in [9.17, 15) is 10.2 Å². The molecule has 0 spiro atoms. The Balaban J connectivity index is 1.67. The molecule has 0 bridgehead atoms. The number of hydrogen-bond acceptors (Lipinski definition) is 5. The Morgan fingerprint density at radius 1 is 1.19 bits per heavy atom. The lowest BCUT2D eigenvalue weighted by Gasteiger charge is -2.29. The molecule has 0 aromatic heterocycles. The summed E-state index contributed by atoms with van der Waals surface area (Å²) in [6, 6.07) is 7.35. The van der Waals surface area contributed by atoms with E-state index in [2.05, 4.69) is 5.32 Å². The zero-order valence-corrected chi connectivity index (χ0v) is 12.5. The van der Waals surface area contributed by atoms with Gasteiger partial charge in [-0.15, -0.1) is 0 Å². The molecule has 0 saturated heterocycles. The molecule has 2 rings (SSSR count). The molecule has 0 heterocycles. The maximum Gasteiger partial charge on any atom is 0.119 e. The summed E-state index contributed by atoms with van der Waals surface area (Å²) in [7, 11) is 1.62. The summed E-state index contributed by atoms with van der Waals surface area (Å²) in [4.78, 5) is 0. The van der Waals surface area contributed by atoms with Gasteiger partial charge in [-0.05, 0) is 37.1 Å².